The summed E-state index contributed by atoms with van der Waals surface area (Å²) < 4.78 is 75.6. The minimum Gasteiger partial charge on any atom is -0.322 e. The fraction of sp³-hybridized carbons (Fsp3) is 0.118. The lowest BCUT2D eigenvalue weighted by Crippen LogP contribution is -2.10. The fourth-order valence-corrected chi connectivity index (χ4v) is 1.95. The van der Waals surface area contributed by atoms with Crippen molar-refractivity contribution in [1.82, 2.24) is 0 Å². The van der Waals surface area contributed by atoms with Crippen molar-refractivity contribution >= 4 is 17.7 Å². The molecule has 0 unspecified atom stereocenters. The van der Waals surface area contributed by atoms with E-state index in [0.29, 0.717) is 0 Å². The average molecular weight is 359 g/mol. The van der Waals surface area contributed by atoms with Crippen LogP contribution in [0.25, 0.3) is 6.08 Å². The van der Waals surface area contributed by atoms with E-state index in [1.807, 2.05) is 0 Å². The molecule has 2 aromatic rings. The Labute approximate surface area is 138 Å². The highest BCUT2D eigenvalue weighted by Gasteiger charge is 2.31. The van der Waals surface area contributed by atoms with E-state index in [4.69, 9.17) is 0 Å². The van der Waals surface area contributed by atoms with Crippen LogP contribution in [0.3, 0.4) is 0 Å². The highest BCUT2D eigenvalue weighted by Crippen LogP contribution is 2.31. The van der Waals surface area contributed by atoms with Crippen molar-refractivity contribution in [2.24, 2.45) is 0 Å². The predicted molar refractivity (Wildman–Crippen MR) is 80.6 cm³/mol. The molecule has 8 heteroatoms. The summed E-state index contributed by atoms with van der Waals surface area (Å²) in [6.07, 6.45) is -6.98. The summed E-state index contributed by atoms with van der Waals surface area (Å²) >= 11 is 0. The lowest BCUT2D eigenvalue weighted by molar-refractivity contribution is -0.138. The van der Waals surface area contributed by atoms with E-state index in [-0.39, 0.29) is 11.3 Å². The van der Waals surface area contributed by atoms with Gasteiger partial charge in [0.15, 0.2) is 0 Å². The maximum Gasteiger partial charge on any atom is 0.416 e. The van der Waals surface area contributed by atoms with Gasteiger partial charge in [0.1, 0.15) is 0 Å². The summed E-state index contributed by atoms with van der Waals surface area (Å²) in [4.78, 5) is 11.7. The van der Waals surface area contributed by atoms with E-state index in [1.54, 1.807) is 0 Å². The molecular formula is C17H11F6NO. The molecule has 0 heterocycles. The minimum absolute atomic E-state index is 0.0754. The lowest BCUT2D eigenvalue weighted by atomic mass is 10.1. The van der Waals surface area contributed by atoms with E-state index in [9.17, 15) is 31.1 Å². The third-order valence-electron chi connectivity index (χ3n) is 3.10. The Morgan fingerprint density at radius 2 is 1.40 bits per heavy atom. The van der Waals surface area contributed by atoms with Crippen molar-refractivity contribution in [3.63, 3.8) is 0 Å². The van der Waals surface area contributed by atoms with Crippen molar-refractivity contribution in [2.75, 3.05) is 5.32 Å². The second-order valence-electron chi connectivity index (χ2n) is 5.02. The van der Waals surface area contributed by atoms with Crippen LogP contribution in [0.4, 0.5) is 32.0 Å². The smallest absolute Gasteiger partial charge is 0.322 e. The third kappa shape index (κ3) is 5.37. The van der Waals surface area contributed by atoms with Crippen LogP contribution >= 0.6 is 0 Å². The molecule has 25 heavy (non-hydrogen) atoms. The zero-order valence-electron chi connectivity index (χ0n) is 12.4. The van der Waals surface area contributed by atoms with E-state index in [2.05, 4.69) is 5.32 Å². The summed E-state index contributed by atoms with van der Waals surface area (Å²) in [6.45, 7) is 0. The summed E-state index contributed by atoms with van der Waals surface area (Å²) in [5.74, 6) is -0.767. The molecule has 0 aliphatic carbocycles. The Bertz CT molecular complexity index is 792. The number of hydrogen-bond acceptors (Lipinski definition) is 1. The normalized spacial score (nSPS) is 12.4. The first-order chi connectivity index (χ1) is 11.6. The molecule has 0 aliphatic rings. The van der Waals surface area contributed by atoms with E-state index in [1.165, 1.54) is 18.2 Å². The zero-order chi connectivity index (χ0) is 18.7. The number of nitrogens with one attached hydrogen (secondary N) is 1. The van der Waals surface area contributed by atoms with Gasteiger partial charge in [0.2, 0.25) is 5.91 Å². The average Bonchev–Trinajstić information content (AvgIpc) is 2.52. The molecule has 0 radical (unpaired) electrons. The number of halogens is 6. The summed E-state index contributed by atoms with van der Waals surface area (Å²) in [6, 6.07) is 8.31. The second kappa shape index (κ2) is 7.00. The van der Waals surface area contributed by atoms with Crippen LogP contribution in [0.2, 0.25) is 0 Å². The largest absolute Gasteiger partial charge is 0.416 e. The lowest BCUT2D eigenvalue weighted by Gasteiger charge is -2.09. The maximum absolute atomic E-state index is 12.6. The van der Waals surface area contributed by atoms with Crippen LogP contribution in [-0.4, -0.2) is 5.91 Å². The molecule has 1 amide bonds. The van der Waals surface area contributed by atoms with Gasteiger partial charge < -0.3 is 5.32 Å². The van der Waals surface area contributed by atoms with Gasteiger partial charge >= 0.3 is 12.4 Å². The van der Waals surface area contributed by atoms with Crippen molar-refractivity contribution < 1.29 is 31.1 Å². The number of hydrogen-bond donors (Lipinski definition) is 1. The molecule has 0 saturated heterocycles. The highest BCUT2D eigenvalue weighted by atomic mass is 19.4. The number of carbonyl (C=O) groups is 1. The molecule has 0 aliphatic heterocycles. The van der Waals surface area contributed by atoms with Crippen LogP contribution < -0.4 is 5.32 Å². The SMILES string of the molecule is O=C(C=Cc1cccc(C(F)(F)F)c1)Nc1cccc(C(F)(F)F)c1. The quantitative estimate of drug-likeness (QED) is 0.579. The van der Waals surface area contributed by atoms with Crippen LogP contribution in [0.15, 0.2) is 54.6 Å². The number of anilines is 1. The van der Waals surface area contributed by atoms with Crippen molar-refractivity contribution in [1.29, 1.82) is 0 Å². The summed E-state index contributed by atoms with van der Waals surface area (Å²) in [5.41, 5.74) is -1.73. The fourth-order valence-electron chi connectivity index (χ4n) is 1.95. The Morgan fingerprint density at radius 1 is 0.840 bits per heavy atom. The molecule has 2 nitrogen and oxygen atoms in total. The highest BCUT2D eigenvalue weighted by molar-refractivity contribution is 6.01. The van der Waals surface area contributed by atoms with Gasteiger partial charge in [-0.1, -0.05) is 18.2 Å². The molecule has 132 valence electrons. The van der Waals surface area contributed by atoms with Gasteiger partial charge in [-0.15, -0.1) is 0 Å². The third-order valence-corrected chi connectivity index (χ3v) is 3.10. The maximum atomic E-state index is 12.6. The zero-order valence-corrected chi connectivity index (χ0v) is 12.4. The molecule has 2 aromatic carbocycles. The first-order valence-corrected chi connectivity index (χ1v) is 6.89. The molecule has 2 rings (SSSR count). The minimum atomic E-state index is -4.55. The van der Waals surface area contributed by atoms with E-state index < -0.39 is 29.4 Å². The molecule has 0 atom stereocenters. The van der Waals surface area contributed by atoms with Crippen LogP contribution in [-0.2, 0) is 17.1 Å². The number of benzene rings is 2. The van der Waals surface area contributed by atoms with Gasteiger partial charge in [-0.3, -0.25) is 4.79 Å². The predicted octanol–water partition coefficient (Wildman–Crippen LogP) is 5.38. The van der Waals surface area contributed by atoms with Gasteiger partial charge in [-0.2, -0.15) is 26.3 Å². The van der Waals surface area contributed by atoms with Crippen LogP contribution in [0.1, 0.15) is 16.7 Å². The van der Waals surface area contributed by atoms with Gasteiger partial charge in [0.25, 0.3) is 0 Å². The van der Waals surface area contributed by atoms with Crippen molar-refractivity contribution in [3.8, 4) is 0 Å². The summed E-state index contributed by atoms with van der Waals surface area (Å²) in [7, 11) is 0. The van der Waals surface area contributed by atoms with Crippen LogP contribution in [0.5, 0.6) is 0 Å². The Kier molecular flexibility index (Phi) is 5.20. The van der Waals surface area contributed by atoms with Crippen LogP contribution in [0, 0.1) is 0 Å². The number of carbonyl (C=O) groups excluding carboxylic acids is 1. The van der Waals surface area contributed by atoms with Crippen molar-refractivity contribution in [3.05, 3.63) is 71.3 Å². The van der Waals surface area contributed by atoms with Gasteiger partial charge in [0, 0.05) is 11.8 Å². The topological polar surface area (TPSA) is 29.1 Å². The Hall–Kier alpha value is -2.77. The number of alkyl halides is 6. The Morgan fingerprint density at radius 3 is 2.00 bits per heavy atom. The first kappa shape index (κ1) is 18.6. The Balaban J connectivity index is 2.09. The van der Waals surface area contributed by atoms with Gasteiger partial charge in [-0.05, 0) is 42.0 Å². The molecule has 0 spiro atoms. The molecule has 0 aromatic heterocycles. The van der Waals surface area contributed by atoms with E-state index >= 15 is 0 Å². The second-order valence-corrected chi connectivity index (χ2v) is 5.02. The van der Waals surface area contributed by atoms with Gasteiger partial charge in [-0.25, -0.2) is 0 Å². The van der Waals surface area contributed by atoms with Gasteiger partial charge in [0.05, 0.1) is 11.1 Å². The number of rotatable bonds is 3. The van der Waals surface area contributed by atoms with E-state index in [0.717, 1.165) is 42.5 Å². The summed E-state index contributed by atoms with van der Waals surface area (Å²) in [5, 5.41) is 2.22. The molecular weight excluding hydrogens is 348 g/mol. The molecule has 0 saturated carbocycles. The first-order valence-electron chi connectivity index (χ1n) is 6.89. The van der Waals surface area contributed by atoms with Crippen molar-refractivity contribution in [2.45, 2.75) is 12.4 Å². The molecule has 1 N–H and O–H groups in total. The monoisotopic (exact) mass is 359 g/mol. The molecule has 0 bridgehead atoms. The number of amides is 1. The standard InChI is InChI=1S/C17H11F6NO/c18-16(19,20)12-4-1-3-11(9-12)7-8-15(25)24-14-6-2-5-13(10-14)17(21,22)23/h1-10H,(H,24,25). The molecule has 0 fully saturated rings.